The average molecular weight is 395 g/mol. The van der Waals surface area contributed by atoms with Gasteiger partial charge < -0.3 is 16.2 Å². The Morgan fingerprint density at radius 1 is 0.893 bits per heavy atom. The number of rotatable bonds is 18. The summed E-state index contributed by atoms with van der Waals surface area (Å²) in [4.78, 5) is 33.5. The highest BCUT2D eigenvalue weighted by atomic mass is 16.4. The highest BCUT2D eigenvalue weighted by molar-refractivity contribution is 5.88. The van der Waals surface area contributed by atoms with Crippen LogP contribution in [0.15, 0.2) is 24.3 Å². The number of amides is 2. The Labute approximate surface area is 169 Å². The van der Waals surface area contributed by atoms with Crippen LogP contribution in [-0.4, -0.2) is 28.9 Å². The molecule has 4 N–H and O–H groups in total. The maximum Gasteiger partial charge on any atom is 0.326 e. The molecule has 0 aliphatic heterocycles. The summed E-state index contributed by atoms with van der Waals surface area (Å²) in [5.41, 5.74) is 4.98. The molecule has 0 rings (SSSR count). The van der Waals surface area contributed by atoms with Gasteiger partial charge in [-0.3, -0.25) is 9.59 Å². The number of aliphatic carboxylic acids is 1. The number of carbonyl (C=O) groups is 3. The summed E-state index contributed by atoms with van der Waals surface area (Å²) in [6, 6.07) is -1.23. The third-order valence-corrected chi connectivity index (χ3v) is 4.39. The zero-order valence-electron chi connectivity index (χ0n) is 17.3. The van der Waals surface area contributed by atoms with E-state index in [0.29, 0.717) is 6.42 Å². The molecule has 6 nitrogen and oxygen atoms in total. The third-order valence-electron chi connectivity index (χ3n) is 4.39. The molecule has 1 atom stereocenters. The normalized spacial score (nSPS) is 12.5. The third kappa shape index (κ3) is 17.3. The standard InChI is InChI=1S/C22H38N2O4/c1-2-3-4-5-6-7-8-9-10-11-12-13-14-15-16-17-21(26)24-19(22(27)28)18-20(23)25/h6-7,9-10,19H,2-5,8,11-18H2,1H3,(H2,23,25)(H,24,26)(H,27,28)/b7-6-,10-9-. The second-order valence-corrected chi connectivity index (χ2v) is 7.11. The summed E-state index contributed by atoms with van der Waals surface area (Å²) in [5.74, 6) is -2.34. The number of primary amides is 1. The van der Waals surface area contributed by atoms with E-state index in [0.717, 1.165) is 38.5 Å². The lowest BCUT2D eigenvalue weighted by Crippen LogP contribution is -2.43. The van der Waals surface area contributed by atoms with Crippen LogP contribution >= 0.6 is 0 Å². The van der Waals surface area contributed by atoms with Crippen molar-refractivity contribution in [3.63, 3.8) is 0 Å². The predicted molar refractivity (Wildman–Crippen MR) is 113 cm³/mol. The molecule has 0 aliphatic carbocycles. The molecule has 0 saturated heterocycles. The van der Waals surface area contributed by atoms with Gasteiger partial charge in [0.15, 0.2) is 0 Å². The van der Waals surface area contributed by atoms with Crippen molar-refractivity contribution >= 4 is 17.8 Å². The maximum atomic E-state index is 11.7. The summed E-state index contributed by atoms with van der Waals surface area (Å²) in [6.07, 6.45) is 20.9. The van der Waals surface area contributed by atoms with Gasteiger partial charge in [0.05, 0.1) is 6.42 Å². The first-order valence-electron chi connectivity index (χ1n) is 10.6. The summed E-state index contributed by atoms with van der Waals surface area (Å²) in [7, 11) is 0. The van der Waals surface area contributed by atoms with Crippen molar-refractivity contribution in [3.05, 3.63) is 24.3 Å². The Kier molecular flexibility index (Phi) is 16.9. The van der Waals surface area contributed by atoms with Crippen LogP contribution in [0.1, 0.15) is 90.4 Å². The van der Waals surface area contributed by atoms with Crippen molar-refractivity contribution in [2.24, 2.45) is 5.73 Å². The van der Waals surface area contributed by atoms with Gasteiger partial charge in [0.1, 0.15) is 6.04 Å². The molecule has 0 saturated carbocycles. The lowest BCUT2D eigenvalue weighted by atomic mass is 10.1. The molecule has 0 aromatic carbocycles. The number of carboxylic acids is 1. The largest absolute Gasteiger partial charge is 0.480 e. The number of hydrogen-bond acceptors (Lipinski definition) is 3. The monoisotopic (exact) mass is 394 g/mol. The molecule has 0 bridgehead atoms. The molecule has 0 aromatic heterocycles. The minimum atomic E-state index is -1.24. The molecule has 0 aliphatic rings. The Hall–Kier alpha value is -2.11. The summed E-state index contributed by atoms with van der Waals surface area (Å²) in [5, 5.41) is 11.3. The van der Waals surface area contributed by atoms with Crippen LogP contribution in [0.5, 0.6) is 0 Å². The Morgan fingerprint density at radius 3 is 2.04 bits per heavy atom. The van der Waals surface area contributed by atoms with E-state index < -0.39 is 17.9 Å². The van der Waals surface area contributed by atoms with E-state index in [9.17, 15) is 14.4 Å². The minimum Gasteiger partial charge on any atom is -0.480 e. The van der Waals surface area contributed by atoms with Gasteiger partial charge in [-0.2, -0.15) is 0 Å². The molecule has 0 heterocycles. The summed E-state index contributed by atoms with van der Waals surface area (Å²) >= 11 is 0. The van der Waals surface area contributed by atoms with Gasteiger partial charge in [-0.1, -0.05) is 63.3 Å². The molecule has 160 valence electrons. The first kappa shape index (κ1) is 25.9. The average Bonchev–Trinajstić information content (AvgIpc) is 2.64. The van der Waals surface area contributed by atoms with Gasteiger partial charge in [-0.05, 0) is 38.5 Å². The first-order chi connectivity index (χ1) is 13.5. The number of hydrogen-bond donors (Lipinski definition) is 3. The van der Waals surface area contributed by atoms with Crippen molar-refractivity contribution < 1.29 is 19.5 Å². The van der Waals surface area contributed by atoms with E-state index in [4.69, 9.17) is 10.8 Å². The summed E-state index contributed by atoms with van der Waals surface area (Å²) in [6.45, 7) is 2.22. The van der Waals surface area contributed by atoms with Gasteiger partial charge in [0, 0.05) is 6.42 Å². The zero-order chi connectivity index (χ0) is 21.0. The van der Waals surface area contributed by atoms with Gasteiger partial charge in [0.25, 0.3) is 0 Å². The summed E-state index contributed by atoms with van der Waals surface area (Å²) < 4.78 is 0. The maximum absolute atomic E-state index is 11.7. The molecule has 1 unspecified atom stereocenters. The fourth-order valence-electron chi connectivity index (χ4n) is 2.76. The van der Waals surface area contributed by atoms with Gasteiger partial charge >= 0.3 is 5.97 Å². The Balaban J connectivity index is 3.58. The van der Waals surface area contributed by atoms with E-state index in [-0.39, 0.29) is 18.7 Å². The lowest BCUT2D eigenvalue weighted by Gasteiger charge is -2.12. The van der Waals surface area contributed by atoms with E-state index in [2.05, 4.69) is 36.5 Å². The minimum absolute atomic E-state index is 0.271. The molecule has 2 amide bonds. The van der Waals surface area contributed by atoms with E-state index in [1.807, 2.05) is 0 Å². The fourth-order valence-corrected chi connectivity index (χ4v) is 2.76. The highest BCUT2D eigenvalue weighted by Crippen LogP contribution is 2.08. The molecule has 0 radical (unpaired) electrons. The van der Waals surface area contributed by atoms with Crippen molar-refractivity contribution in [2.45, 2.75) is 96.4 Å². The predicted octanol–water partition coefficient (Wildman–Crippen LogP) is 4.24. The highest BCUT2D eigenvalue weighted by Gasteiger charge is 2.21. The van der Waals surface area contributed by atoms with Crippen LogP contribution in [0, 0.1) is 0 Å². The number of nitrogens with two attached hydrogens (primary N) is 1. The molecule has 0 aromatic rings. The van der Waals surface area contributed by atoms with Crippen LogP contribution in [0.3, 0.4) is 0 Å². The lowest BCUT2D eigenvalue weighted by molar-refractivity contribution is -0.143. The van der Waals surface area contributed by atoms with Crippen molar-refractivity contribution in [1.29, 1.82) is 0 Å². The van der Waals surface area contributed by atoms with Crippen molar-refractivity contribution in [3.8, 4) is 0 Å². The van der Waals surface area contributed by atoms with Crippen LogP contribution in [-0.2, 0) is 14.4 Å². The number of unbranched alkanes of at least 4 members (excludes halogenated alkanes) is 8. The zero-order valence-corrected chi connectivity index (χ0v) is 17.3. The van der Waals surface area contributed by atoms with E-state index >= 15 is 0 Å². The quantitative estimate of drug-likeness (QED) is 0.238. The number of carbonyl (C=O) groups excluding carboxylic acids is 2. The Bertz CT molecular complexity index is 501. The topological polar surface area (TPSA) is 109 Å². The number of allylic oxidation sites excluding steroid dienone is 4. The van der Waals surface area contributed by atoms with E-state index in [1.54, 1.807) is 0 Å². The molecule has 6 heteroatoms. The number of carboxylic acid groups (broad SMARTS) is 1. The SMILES string of the molecule is CCCCC/C=C\C/C=C\CCCCCCCC(=O)NC(CC(N)=O)C(=O)O. The molecular weight excluding hydrogens is 356 g/mol. The second kappa shape index (κ2) is 18.3. The molecule has 28 heavy (non-hydrogen) atoms. The second-order valence-electron chi connectivity index (χ2n) is 7.11. The van der Waals surface area contributed by atoms with Gasteiger partial charge in [0.2, 0.25) is 11.8 Å². The van der Waals surface area contributed by atoms with Crippen molar-refractivity contribution in [1.82, 2.24) is 5.32 Å². The molecular formula is C22H38N2O4. The van der Waals surface area contributed by atoms with Crippen LogP contribution < -0.4 is 11.1 Å². The van der Waals surface area contributed by atoms with Crippen LogP contribution in [0.25, 0.3) is 0 Å². The van der Waals surface area contributed by atoms with Gasteiger partial charge in [-0.25, -0.2) is 4.79 Å². The van der Waals surface area contributed by atoms with Crippen LogP contribution in [0.4, 0.5) is 0 Å². The first-order valence-corrected chi connectivity index (χ1v) is 10.6. The smallest absolute Gasteiger partial charge is 0.326 e. The van der Waals surface area contributed by atoms with E-state index in [1.165, 1.54) is 25.7 Å². The Morgan fingerprint density at radius 2 is 1.46 bits per heavy atom. The molecule has 0 fully saturated rings. The van der Waals surface area contributed by atoms with Gasteiger partial charge in [-0.15, -0.1) is 0 Å². The molecule has 0 spiro atoms. The van der Waals surface area contributed by atoms with Crippen molar-refractivity contribution in [2.75, 3.05) is 0 Å². The van der Waals surface area contributed by atoms with Crippen LogP contribution in [0.2, 0.25) is 0 Å². The fraction of sp³-hybridized carbons (Fsp3) is 0.682. The number of nitrogens with one attached hydrogen (secondary N) is 1.